The number of carbonyl (C=O) groups excluding carboxylic acids is 3. The largest absolute Gasteiger partial charge is 0.356 e. The molecule has 1 saturated carbocycles. The summed E-state index contributed by atoms with van der Waals surface area (Å²) in [4.78, 5) is 37.0. The lowest BCUT2D eigenvalue weighted by molar-refractivity contribution is -0.132. The van der Waals surface area contributed by atoms with Crippen LogP contribution in [0.5, 0.6) is 0 Å². The Morgan fingerprint density at radius 2 is 1.89 bits per heavy atom. The van der Waals surface area contributed by atoms with Gasteiger partial charge in [-0.3, -0.25) is 14.4 Å². The van der Waals surface area contributed by atoms with E-state index in [2.05, 4.69) is 22.0 Å². The second-order valence-corrected chi connectivity index (χ2v) is 8.23. The van der Waals surface area contributed by atoms with Gasteiger partial charge in [0, 0.05) is 18.4 Å². The van der Waals surface area contributed by atoms with E-state index in [1.165, 1.54) is 0 Å². The van der Waals surface area contributed by atoms with Gasteiger partial charge in [-0.15, -0.1) is 0 Å². The van der Waals surface area contributed by atoms with Crippen molar-refractivity contribution in [1.82, 2.24) is 16.0 Å². The predicted molar refractivity (Wildman–Crippen MR) is 101 cm³/mol. The molecule has 2 aliphatic rings. The van der Waals surface area contributed by atoms with E-state index in [1.807, 2.05) is 13.8 Å². The molecule has 7 nitrogen and oxygen atoms in total. The molecule has 0 aromatic heterocycles. The first-order chi connectivity index (χ1) is 12.9. The number of carbonyl (C=O) groups is 3. The zero-order valence-corrected chi connectivity index (χ0v) is 16.4. The van der Waals surface area contributed by atoms with Crippen LogP contribution in [-0.4, -0.2) is 36.3 Å². The summed E-state index contributed by atoms with van der Waals surface area (Å²) in [6.07, 6.45) is 6.53. The first-order valence-electron chi connectivity index (χ1n) is 10.2. The normalized spacial score (nSPS) is 22.6. The van der Waals surface area contributed by atoms with Crippen LogP contribution in [-0.2, 0) is 14.4 Å². The van der Waals surface area contributed by atoms with Crippen molar-refractivity contribution in [3.63, 3.8) is 0 Å². The molecule has 0 bridgehead atoms. The van der Waals surface area contributed by atoms with E-state index in [4.69, 9.17) is 0 Å². The first kappa shape index (κ1) is 21.2. The second-order valence-electron chi connectivity index (χ2n) is 8.23. The van der Waals surface area contributed by atoms with E-state index in [-0.39, 0.29) is 35.5 Å². The molecular weight excluding hydrogens is 344 g/mol. The van der Waals surface area contributed by atoms with Gasteiger partial charge in [0.2, 0.25) is 17.7 Å². The van der Waals surface area contributed by atoms with Crippen LogP contribution in [0.1, 0.15) is 65.2 Å². The summed E-state index contributed by atoms with van der Waals surface area (Å²) in [5, 5.41) is 17.8. The minimum absolute atomic E-state index is 0.0184. The van der Waals surface area contributed by atoms with Crippen LogP contribution >= 0.6 is 0 Å². The average Bonchev–Trinajstić information content (AvgIpc) is 3.05. The number of hydrogen-bond donors (Lipinski definition) is 3. The Kier molecular flexibility index (Phi) is 8.08. The Morgan fingerprint density at radius 1 is 1.19 bits per heavy atom. The van der Waals surface area contributed by atoms with E-state index in [1.54, 1.807) is 0 Å². The van der Waals surface area contributed by atoms with E-state index in [0.717, 1.165) is 32.1 Å². The number of rotatable bonds is 8. The molecule has 1 aliphatic carbocycles. The number of amides is 3. The van der Waals surface area contributed by atoms with Gasteiger partial charge in [0.25, 0.3) is 0 Å². The summed E-state index contributed by atoms with van der Waals surface area (Å²) in [7, 11) is 0. The van der Waals surface area contributed by atoms with Crippen molar-refractivity contribution < 1.29 is 14.4 Å². The van der Waals surface area contributed by atoms with Gasteiger partial charge >= 0.3 is 0 Å². The van der Waals surface area contributed by atoms with Crippen LogP contribution in [0.3, 0.4) is 0 Å². The number of nitrogens with one attached hydrogen (secondary N) is 3. The molecule has 7 heteroatoms. The molecule has 1 saturated heterocycles. The standard InChI is InChI=1S/C20H32N4O3/c1-13(2)10-17(24-19(26)14-6-4-3-5-7-14)20(27)23-16(12-21)11-15-8-9-22-18(15)25/h13-17H,3-11H2,1-2H3,(H,22,25)(H,23,27)(H,24,26)/t15-,16-,17-/m0/s1. The van der Waals surface area contributed by atoms with E-state index in [0.29, 0.717) is 25.8 Å². The highest BCUT2D eigenvalue weighted by Gasteiger charge is 2.31. The van der Waals surface area contributed by atoms with Crippen molar-refractivity contribution in [2.24, 2.45) is 17.8 Å². The highest BCUT2D eigenvalue weighted by molar-refractivity contribution is 5.89. The molecule has 0 spiro atoms. The fourth-order valence-corrected chi connectivity index (χ4v) is 3.93. The minimum Gasteiger partial charge on any atom is -0.356 e. The molecule has 1 heterocycles. The molecule has 3 amide bonds. The summed E-state index contributed by atoms with van der Waals surface area (Å²) in [5.74, 6) is -0.482. The molecule has 0 unspecified atom stereocenters. The monoisotopic (exact) mass is 376 g/mol. The maximum Gasteiger partial charge on any atom is 0.243 e. The highest BCUT2D eigenvalue weighted by Crippen LogP contribution is 2.24. The van der Waals surface area contributed by atoms with Crippen LogP contribution in [0.2, 0.25) is 0 Å². The number of nitrogens with zero attached hydrogens (tertiary/aromatic N) is 1. The molecule has 3 N–H and O–H groups in total. The Morgan fingerprint density at radius 3 is 2.44 bits per heavy atom. The first-order valence-corrected chi connectivity index (χ1v) is 10.2. The Hall–Kier alpha value is -2.10. The fraction of sp³-hybridized carbons (Fsp3) is 0.800. The molecule has 0 aromatic rings. The third-order valence-electron chi connectivity index (χ3n) is 5.47. The van der Waals surface area contributed by atoms with Crippen LogP contribution < -0.4 is 16.0 Å². The molecule has 2 rings (SSSR count). The molecular formula is C20H32N4O3. The Labute approximate surface area is 161 Å². The molecule has 0 radical (unpaired) electrons. The lowest BCUT2D eigenvalue weighted by atomic mass is 9.88. The summed E-state index contributed by atoms with van der Waals surface area (Å²) >= 11 is 0. The van der Waals surface area contributed by atoms with Crippen molar-refractivity contribution in [3.05, 3.63) is 0 Å². The van der Waals surface area contributed by atoms with Gasteiger partial charge in [-0.1, -0.05) is 33.1 Å². The van der Waals surface area contributed by atoms with Gasteiger partial charge in [-0.05, 0) is 38.0 Å². The van der Waals surface area contributed by atoms with Crippen molar-refractivity contribution in [2.45, 2.75) is 77.3 Å². The van der Waals surface area contributed by atoms with Gasteiger partial charge in [-0.2, -0.15) is 5.26 Å². The highest BCUT2D eigenvalue weighted by atomic mass is 16.2. The summed E-state index contributed by atoms with van der Waals surface area (Å²) in [5.41, 5.74) is 0. The average molecular weight is 377 g/mol. The van der Waals surface area contributed by atoms with Crippen LogP contribution in [0.4, 0.5) is 0 Å². The van der Waals surface area contributed by atoms with Crippen molar-refractivity contribution in [1.29, 1.82) is 5.26 Å². The summed E-state index contributed by atoms with van der Waals surface area (Å²) in [6.45, 7) is 4.61. The van der Waals surface area contributed by atoms with Gasteiger partial charge in [-0.25, -0.2) is 0 Å². The second kappa shape index (κ2) is 10.3. The maximum absolute atomic E-state index is 12.7. The lowest BCUT2D eigenvalue weighted by Gasteiger charge is -2.26. The maximum atomic E-state index is 12.7. The van der Waals surface area contributed by atoms with E-state index < -0.39 is 12.1 Å². The topological polar surface area (TPSA) is 111 Å². The van der Waals surface area contributed by atoms with E-state index in [9.17, 15) is 19.6 Å². The number of hydrogen-bond acceptors (Lipinski definition) is 4. The predicted octanol–water partition coefficient (Wildman–Crippen LogP) is 1.63. The summed E-state index contributed by atoms with van der Waals surface area (Å²) in [6, 6.07) is 0.706. The fourth-order valence-electron chi connectivity index (χ4n) is 3.93. The molecule has 0 aromatic carbocycles. The third-order valence-corrected chi connectivity index (χ3v) is 5.47. The van der Waals surface area contributed by atoms with Crippen LogP contribution in [0, 0.1) is 29.1 Å². The SMILES string of the molecule is CC(C)C[C@H](NC(=O)C1CCCCC1)C(=O)N[C@H](C#N)C[C@@H]1CCNC1=O. The minimum atomic E-state index is -0.729. The smallest absolute Gasteiger partial charge is 0.243 e. The Balaban J connectivity index is 1.94. The molecule has 2 fully saturated rings. The molecule has 150 valence electrons. The Bertz CT molecular complexity index is 578. The van der Waals surface area contributed by atoms with Gasteiger partial charge in [0.1, 0.15) is 12.1 Å². The van der Waals surface area contributed by atoms with Gasteiger partial charge in [0.15, 0.2) is 0 Å². The quantitative estimate of drug-likeness (QED) is 0.598. The van der Waals surface area contributed by atoms with Gasteiger partial charge in [0.05, 0.1) is 6.07 Å². The van der Waals surface area contributed by atoms with Crippen LogP contribution in [0.15, 0.2) is 0 Å². The van der Waals surface area contributed by atoms with Crippen molar-refractivity contribution >= 4 is 17.7 Å². The van der Waals surface area contributed by atoms with Gasteiger partial charge < -0.3 is 16.0 Å². The lowest BCUT2D eigenvalue weighted by Crippen LogP contribution is -2.51. The zero-order chi connectivity index (χ0) is 19.8. The molecule has 27 heavy (non-hydrogen) atoms. The zero-order valence-electron chi connectivity index (χ0n) is 16.4. The van der Waals surface area contributed by atoms with E-state index >= 15 is 0 Å². The van der Waals surface area contributed by atoms with Crippen LogP contribution in [0.25, 0.3) is 0 Å². The molecule has 1 aliphatic heterocycles. The number of nitriles is 1. The summed E-state index contributed by atoms with van der Waals surface area (Å²) < 4.78 is 0. The third kappa shape index (κ3) is 6.53. The van der Waals surface area contributed by atoms with Crippen molar-refractivity contribution in [2.75, 3.05) is 6.54 Å². The molecule has 3 atom stereocenters. The van der Waals surface area contributed by atoms with Crippen molar-refractivity contribution in [3.8, 4) is 6.07 Å².